The SMILES string of the molecule is COC(=O)c1ccc(OCCCO/N=C/c2ccc(-c3ccccc3)cc2)cc1NC(=O)c1ccc(OC(F)(F)F)cc1. The fourth-order valence-electron chi connectivity index (χ4n) is 3.86. The summed E-state index contributed by atoms with van der Waals surface area (Å²) in [6, 6.07) is 26.7. The highest BCUT2D eigenvalue weighted by atomic mass is 19.4. The van der Waals surface area contributed by atoms with Gasteiger partial charge in [0.05, 0.1) is 31.2 Å². The standard InChI is InChI=1S/C32H27F3N2O6/c1-40-31(39)28-17-16-27(20-29(28)37-30(38)25-12-14-26(15-13-25)43-32(33,34)35)41-18-5-19-42-36-21-22-8-10-24(11-9-22)23-6-3-2-4-7-23/h2-4,6-17,20-21H,5,18-19H2,1H3,(H,37,38)/b36-21+. The maximum absolute atomic E-state index is 12.7. The van der Waals surface area contributed by atoms with E-state index in [0.29, 0.717) is 12.2 Å². The number of carbonyl (C=O) groups is 2. The van der Waals surface area contributed by atoms with Crippen LogP contribution in [0.3, 0.4) is 0 Å². The van der Waals surface area contributed by atoms with Crippen molar-refractivity contribution >= 4 is 23.8 Å². The summed E-state index contributed by atoms with van der Waals surface area (Å²) in [5, 5.41) is 6.55. The third-order valence-corrected chi connectivity index (χ3v) is 5.94. The average molecular weight is 593 g/mol. The number of esters is 1. The molecule has 0 radical (unpaired) electrons. The molecule has 0 heterocycles. The van der Waals surface area contributed by atoms with E-state index in [1.165, 1.54) is 19.2 Å². The van der Waals surface area contributed by atoms with E-state index in [2.05, 4.69) is 15.2 Å². The molecule has 4 aromatic carbocycles. The van der Waals surface area contributed by atoms with Gasteiger partial charge < -0.3 is 24.4 Å². The van der Waals surface area contributed by atoms with Gasteiger partial charge in [0.2, 0.25) is 0 Å². The highest BCUT2D eigenvalue weighted by molar-refractivity contribution is 6.08. The predicted molar refractivity (Wildman–Crippen MR) is 154 cm³/mol. The minimum atomic E-state index is -4.85. The molecule has 1 amide bonds. The number of benzene rings is 4. The molecule has 0 aliphatic rings. The number of oxime groups is 1. The van der Waals surface area contributed by atoms with Gasteiger partial charge in [0.15, 0.2) is 0 Å². The predicted octanol–water partition coefficient (Wildman–Crippen LogP) is 7.11. The van der Waals surface area contributed by atoms with Crippen LogP contribution in [-0.2, 0) is 9.57 Å². The molecule has 0 aliphatic carbocycles. The minimum Gasteiger partial charge on any atom is -0.493 e. The van der Waals surface area contributed by atoms with E-state index >= 15 is 0 Å². The first-order valence-corrected chi connectivity index (χ1v) is 13.0. The second kappa shape index (κ2) is 14.5. The Morgan fingerprint density at radius 2 is 1.51 bits per heavy atom. The Balaban J connectivity index is 1.27. The van der Waals surface area contributed by atoms with Crippen molar-refractivity contribution in [1.29, 1.82) is 0 Å². The van der Waals surface area contributed by atoms with Gasteiger partial charge in [0, 0.05) is 18.1 Å². The molecule has 0 spiro atoms. The third-order valence-electron chi connectivity index (χ3n) is 5.94. The number of nitrogens with one attached hydrogen (secondary N) is 1. The smallest absolute Gasteiger partial charge is 0.493 e. The molecule has 1 N–H and O–H groups in total. The van der Waals surface area contributed by atoms with Gasteiger partial charge >= 0.3 is 12.3 Å². The van der Waals surface area contributed by atoms with Crippen molar-refractivity contribution in [2.45, 2.75) is 12.8 Å². The van der Waals surface area contributed by atoms with Gasteiger partial charge in [-0.2, -0.15) is 0 Å². The normalized spacial score (nSPS) is 11.2. The summed E-state index contributed by atoms with van der Waals surface area (Å²) in [4.78, 5) is 30.3. The number of hydrogen-bond donors (Lipinski definition) is 1. The van der Waals surface area contributed by atoms with Crippen molar-refractivity contribution < 1.29 is 41.8 Å². The number of carbonyl (C=O) groups excluding carboxylic acids is 2. The first-order valence-electron chi connectivity index (χ1n) is 13.0. The zero-order chi connectivity index (χ0) is 30.7. The highest BCUT2D eigenvalue weighted by Gasteiger charge is 2.31. The van der Waals surface area contributed by atoms with Crippen molar-refractivity contribution in [2.75, 3.05) is 25.6 Å². The van der Waals surface area contributed by atoms with E-state index in [-0.39, 0.29) is 30.0 Å². The molecule has 222 valence electrons. The Hall–Kier alpha value is -5.32. The van der Waals surface area contributed by atoms with E-state index < -0.39 is 24.0 Å². The van der Waals surface area contributed by atoms with Gasteiger partial charge in [-0.15, -0.1) is 13.2 Å². The van der Waals surface area contributed by atoms with Crippen LogP contribution in [0.15, 0.2) is 102 Å². The molecule has 0 aliphatic heterocycles. The topological polar surface area (TPSA) is 95.5 Å². The van der Waals surface area contributed by atoms with Gasteiger partial charge in [-0.3, -0.25) is 4.79 Å². The zero-order valence-corrected chi connectivity index (χ0v) is 23.0. The third kappa shape index (κ3) is 9.35. The van der Waals surface area contributed by atoms with Gasteiger partial charge in [-0.1, -0.05) is 59.8 Å². The van der Waals surface area contributed by atoms with Crippen LogP contribution in [0.25, 0.3) is 11.1 Å². The Morgan fingerprint density at radius 3 is 2.19 bits per heavy atom. The molecule has 43 heavy (non-hydrogen) atoms. The number of rotatable bonds is 12. The van der Waals surface area contributed by atoms with E-state index in [0.717, 1.165) is 41.0 Å². The first-order chi connectivity index (χ1) is 20.7. The quantitative estimate of drug-likeness (QED) is 0.0816. The number of amides is 1. The lowest BCUT2D eigenvalue weighted by Crippen LogP contribution is -2.18. The summed E-state index contributed by atoms with van der Waals surface area (Å²) in [6.45, 7) is 0.545. The Labute approximate surface area is 245 Å². The van der Waals surface area contributed by atoms with E-state index in [1.807, 2.05) is 54.6 Å². The van der Waals surface area contributed by atoms with Crippen LogP contribution < -0.4 is 14.8 Å². The van der Waals surface area contributed by atoms with E-state index in [9.17, 15) is 22.8 Å². The molecule has 0 fully saturated rings. The van der Waals surface area contributed by atoms with Crippen molar-refractivity contribution in [2.24, 2.45) is 5.16 Å². The number of halogens is 3. The summed E-state index contributed by atoms with van der Waals surface area (Å²) < 4.78 is 51.5. The number of hydrogen-bond acceptors (Lipinski definition) is 7. The maximum atomic E-state index is 12.7. The lowest BCUT2D eigenvalue weighted by atomic mass is 10.0. The molecule has 11 heteroatoms. The minimum absolute atomic E-state index is 0.0431. The van der Waals surface area contributed by atoms with Crippen LogP contribution in [-0.4, -0.2) is 44.8 Å². The molecule has 0 saturated carbocycles. The first kappa shape index (κ1) is 30.6. The van der Waals surface area contributed by atoms with Crippen LogP contribution >= 0.6 is 0 Å². The molecule has 0 saturated heterocycles. The second-order valence-corrected chi connectivity index (χ2v) is 8.98. The zero-order valence-electron chi connectivity index (χ0n) is 23.0. The molecule has 0 unspecified atom stereocenters. The maximum Gasteiger partial charge on any atom is 0.573 e. The van der Waals surface area contributed by atoms with E-state index in [4.69, 9.17) is 14.3 Å². The Bertz CT molecular complexity index is 1540. The second-order valence-electron chi connectivity index (χ2n) is 8.98. The van der Waals surface area contributed by atoms with Crippen LogP contribution in [0, 0.1) is 0 Å². The Morgan fingerprint density at radius 1 is 0.837 bits per heavy atom. The average Bonchev–Trinajstić information content (AvgIpc) is 3.00. The van der Waals surface area contributed by atoms with Crippen molar-refractivity contribution in [3.05, 3.63) is 114 Å². The highest BCUT2D eigenvalue weighted by Crippen LogP contribution is 2.26. The number of methoxy groups -OCH3 is 1. The largest absolute Gasteiger partial charge is 0.573 e. The van der Waals surface area contributed by atoms with Crippen LogP contribution in [0.2, 0.25) is 0 Å². The molecular formula is C32H27F3N2O6. The van der Waals surface area contributed by atoms with Gasteiger partial charge in [0.1, 0.15) is 18.1 Å². The summed E-state index contributed by atoms with van der Waals surface area (Å²) in [6.07, 6.45) is -2.74. The molecule has 0 aromatic heterocycles. The molecule has 4 aromatic rings. The van der Waals surface area contributed by atoms with Gasteiger partial charge in [-0.05, 0) is 53.1 Å². The van der Waals surface area contributed by atoms with E-state index in [1.54, 1.807) is 12.3 Å². The molecular weight excluding hydrogens is 565 g/mol. The van der Waals surface area contributed by atoms with Crippen LogP contribution in [0.1, 0.15) is 32.7 Å². The van der Waals surface area contributed by atoms with Gasteiger partial charge in [0.25, 0.3) is 5.91 Å². The number of anilines is 1. The molecule has 8 nitrogen and oxygen atoms in total. The summed E-state index contributed by atoms with van der Waals surface area (Å²) in [5.74, 6) is -1.47. The Kier molecular flexibility index (Phi) is 10.4. The van der Waals surface area contributed by atoms with Crippen LogP contribution in [0.5, 0.6) is 11.5 Å². The monoisotopic (exact) mass is 592 g/mol. The molecule has 0 bridgehead atoms. The lowest BCUT2D eigenvalue weighted by molar-refractivity contribution is -0.274. The van der Waals surface area contributed by atoms with Crippen molar-refractivity contribution in [1.82, 2.24) is 0 Å². The van der Waals surface area contributed by atoms with Crippen molar-refractivity contribution in [3.63, 3.8) is 0 Å². The molecule has 4 rings (SSSR count). The number of nitrogens with zero attached hydrogens (tertiary/aromatic N) is 1. The lowest BCUT2D eigenvalue weighted by Gasteiger charge is -2.13. The number of ether oxygens (including phenoxy) is 3. The van der Waals surface area contributed by atoms with Crippen molar-refractivity contribution in [3.8, 4) is 22.6 Å². The summed E-state index contributed by atoms with van der Waals surface area (Å²) >= 11 is 0. The summed E-state index contributed by atoms with van der Waals surface area (Å²) in [5.41, 5.74) is 3.33. The fraction of sp³-hybridized carbons (Fsp3) is 0.156. The fourth-order valence-corrected chi connectivity index (χ4v) is 3.86. The van der Waals surface area contributed by atoms with Gasteiger partial charge in [-0.25, -0.2) is 4.79 Å². The summed E-state index contributed by atoms with van der Waals surface area (Å²) in [7, 11) is 1.19. The number of alkyl halides is 3. The van der Waals surface area contributed by atoms with Crippen LogP contribution in [0.4, 0.5) is 18.9 Å². The molecule has 0 atom stereocenters.